The third-order valence-electron chi connectivity index (χ3n) is 1.44. The summed E-state index contributed by atoms with van der Waals surface area (Å²) in [6.45, 7) is 1.85. The predicted molar refractivity (Wildman–Crippen MR) is 52.4 cm³/mol. The highest BCUT2D eigenvalue weighted by atomic mass is 32.2. The lowest BCUT2D eigenvalue weighted by atomic mass is 10.4. The molecule has 0 saturated heterocycles. The second kappa shape index (κ2) is 5.70. The third kappa shape index (κ3) is 4.32. The van der Waals surface area contributed by atoms with Gasteiger partial charge in [-0.3, -0.25) is 0 Å². The van der Waals surface area contributed by atoms with Crippen LogP contribution < -0.4 is 0 Å². The van der Waals surface area contributed by atoms with E-state index in [9.17, 15) is 8.78 Å². The van der Waals surface area contributed by atoms with E-state index < -0.39 is 6.08 Å². The topological polar surface area (TPSA) is 25.8 Å². The molecule has 0 N–H and O–H groups in total. The van der Waals surface area contributed by atoms with Crippen molar-refractivity contribution in [3.63, 3.8) is 0 Å². The first-order chi connectivity index (χ1) is 6.68. The van der Waals surface area contributed by atoms with E-state index in [4.69, 9.17) is 0 Å². The number of rotatable bonds is 4. The van der Waals surface area contributed by atoms with Crippen molar-refractivity contribution in [2.75, 3.05) is 5.75 Å². The van der Waals surface area contributed by atoms with Crippen molar-refractivity contribution < 1.29 is 8.78 Å². The highest BCUT2D eigenvalue weighted by Gasteiger charge is 1.95. The lowest BCUT2D eigenvalue weighted by Crippen LogP contribution is -1.88. The van der Waals surface area contributed by atoms with Gasteiger partial charge in [-0.05, 0) is 31.6 Å². The van der Waals surface area contributed by atoms with Crippen molar-refractivity contribution in [2.45, 2.75) is 18.4 Å². The second-order valence-electron chi connectivity index (χ2n) is 2.64. The van der Waals surface area contributed by atoms with E-state index in [1.165, 1.54) is 11.8 Å². The Hall–Kier alpha value is -0.970. The van der Waals surface area contributed by atoms with Crippen LogP contribution in [0.25, 0.3) is 0 Å². The SMILES string of the molecule is Cc1ccc(SCCC=C(F)F)nn1. The molecule has 0 bridgehead atoms. The molecule has 0 atom stereocenters. The van der Waals surface area contributed by atoms with E-state index in [0.29, 0.717) is 12.2 Å². The summed E-state index contributed by atoms with van der Waals surface area (Å²) in [6.07, 6.45) is -0.363. The summed E-state index contributed by atoms with van der Waals surface area (Å²) in [6, 6.07) is 3.68. The zero-order chi connectivity index (χ0) is 10.4. The zero-order valence-corrected chi connectivity index (χ0v) is 8.52. The largest absolute Gasteiger partial charge is 0.266 e. The molecule has 2 nitrogen and oxygen atoms in total. The molecule has 1 aromatic rings. The maximum atomic E-state index is 11.6. The van der Waals surface area contributed by atoms with Crippen LogP contribution in [0.4, 0.5) is 8.78 Å². The van der Waals surface area contributed by atoms with Crippen LogP contribution in [0.5, 0.6) is 0 Å². The molecule has 0 aliphatic carbocycles. The van der Waals surface area contributed by atoms with Crippen LogP contribution in [-0.2, 0) is 0 Å². The first-order valence-corrected chi connectivity index (χ1v) is 5.11. The fourth-order valence-electron chi connectivity index (χ4n) is 0.795. The van der Waals surface area contributed by atoms with Gasteiger partial charge in [-0.15, -0.1) is 16.9 Å². The first-order valence-electron chi connectivity index (χ1n) is 4.13. The summed E-state index contributed by atoms with van der Waals surface area (Å²) in [5, 5.41) is 8.53. The van der Waals surface area contributed by atoms with Gasteiger partial charge in [-0.25, -0.2) is 0 Å². The van der Waals surface area contributed by atoms with Gasteiger partial charge in [0.15, 0.2) is 0 Å². The van der Waals surface area contributed by atoms with Gasteiger partial charge in [0.05, 0.1) is 5.69 Å². The monoisotopic (exact) mass is 216 g/mol. The molecule has 0 aromatic carbocycles. The Kier molecular flexibility index (Phi) is 4.52. The summed E-state index contributed by atoms with van der Waals surface area (Å²) in [5.41, 5.74) is 0.851. The second-order valence-corrected chi connectivity index (χ2v) is 3.76. The maximum absolute atomic E-state index is 11.6. The zero-order valence-electron chi connectivity index (χ0n) is 7.70. The van der Waals surface area contributed by atoms with Gasteiger partial charge >= 0.3 is 0 Å². The summed E-state index contributed by atoms with van der Waals surface area (Å²) >= 11 is 1.42. The molecular weight excluding hydrogens is 206 g/mol. The molecule has 0 unspecified atom stereocenters. The van der Waals surface area contributed by atoms with Crippen molar-refractivity contribution in [1.29, 1.82) is 0 Å². The summed E-state index contributed by atoms with van der Waals surface area (Å²) in [5.74, 6) is 0.592. The molecule has 14 heavy (non-hydrogen) atoms. The number of allylic oxidation sites excluding steroid dienone is 1. The number of aryl methyl sites for hydroxylation is 1. The normalized spacial score (nSPS) is 9.93. The van der Waals surface area contributed by atoms with E-state index >= 15 is 0 Å². The van der Waals surface area contributed by atoms with Crippen molar-refractivity contribution in [2.24, 2.45) is 0 Å². The molecule has 0 aliphatic heterocycles. The number of aromatic nitrogens is 2. The minimum atomic E-state index is -1.62. The Morgan fingerprint density at radius 2 is 2.21 bits per heavy atom. The summed E-state index contributed by atoms with van der Waals surface area (Å²) in [7, 11) is 0. The lowest BCUT2D eigenvalue weighted by molar-refractivity contribution is 0.418. The Bertz CT molecular complexity index is 307. The molecule has 5 heteroatoms. The highest BCUT2D eigenvalue weighted by Crippen LogP contribution is 2.15. The first kappa shape index (κ1) is 11.1. The Balaban J connectivity index is 2.32. The van der Waals surface area contributed by atoms with Crippen LogP contribution >= 0.6 is 11.8 Å². The van der Waals surface area contributed by atoms with Crippen LogP contribution in [0.15, 0.2) is 29.3 Å². The van der Waals surface area contributed by atoms with Gasteiger partial charge in [0, 0.05) is 5.75 Å². The molecule has 0 aliphatic rings. The molecule has 0 saturated carbocycles. The standard InChI is InChI=1S/C9H10F2N2S/c1-7-4-5-9(13-12-7)14-6-2-3-8(10)11/h3-5H,2,6H2,1H3. The van der Waals surface area contributed by atoms with Crippen molar-refractivity contribution in [1.82, 2.24) is 10.2 Å². The highest BCUT2D eigenvalue weighted by molar-refractivity contribution is 7.99. The molecule has 1 aromatic heterocycles. The number of hydrogen-bond acceptors (Lipinski definition) is 3. The van der Waals surface area contributed by atoms with Gasteiger partial charge in [0.25, 0.3) is 6.08 Å². The molecule has 1 heterocycles. The number of nitrogens with zero attached hydrogens (tertiary/aromatic N) is 2. The predicted octanol–water partition coefficient (Wildman–Crippen LogP) is 3.05. The Morgan fingerprint density at radius 1 is 1.43 bits per heavy atom. The molecule has 0 amide bonds. The van der Waals surface area contributed by atoms with E-state index in [-0.39, 0.29) is 0 Å². The maximum Gasteiger partial charge on any atom is 0.266 e. The van der Waals surface area contributed by atoms with E-state index in [0.717, 1.165) is 16.8 Å². The van der Waals surface area contributed by atoms with Crippen LogP contribution in [0.1, 0.15) is 12.1 Å². The Morgan fingerprint density at radius 3 is 2.79 bits per heavy atom. The van der Waals surface area contributed by atoms with E-state index in [2.05, 4.69) is 10.2 Å². The van der Waals surface area contributed by atoms with E-state index in [1.54, 1.807) is 0 Å². The molecule has 1 rings (SSSR count). The van der Waals surface area contributed by atoms with Crippen LogP contribution in [0.3, 0.4) is 0 Å². The summed E-state index contributed by atoms with van der Waals surface area (Å²) in [4.78, 5) is 0. The van der Waals surface area contributed by atoms with Crippen LogP contribution in [-0.4, -0.2) is 16.0 Å². The van der Waals surface area contributed by atoms with Crippen LogP contribution in [0.2, 0.25) is 0 Å². The van der Waals surface area contributed by atoms with Gasteiger partial charge in [-0.2, -0.15) is 13.9 Å². The quantitative estimate of drug-likeness (QED) is 0.571. The average Bonchev–Trinajstić information content (AvgIpc) is 2.15. The van der Waals surface area contributed by atoms with Gasteiger partial charge in [0.1, 0.15) is 5.03 Å². The van der Waals surface area contributed by atoms with Gasteiger partial charge in [-0.1, -0.05) is 0 Å². The van der Waals surface area contributed by atoms with Crippen LogP contribution in [0, 0.1) is 6.92 Å². The van der Waals surface area contributed by atoms with Crippen molar-refractivity contribution in [3.8, 4) is 0 Å². The number of hydrogen-bond donors (Lipinski definition) is 0. The number of thioether (sulfide) groups is 1. The van der Waals surface area contributed by atoms with Gasteiger partial charge in [0.2, 0.25) is 0 Å². The van der Waals surface area contributed by atoms with Crippen molar-refractivity contribution in [3.05, 3.63) is 30.0 Å². The van der Waals surface area contributed by atoms with E-state index in [1.807, 2.05) is 19.1 Å². The minimum Gasteiger partial charge on any atom is -0.174 e. The third-order valence-corrected chi connectivity index (χ3v) is 2.39. The fourth-order valence-corrected chi connectivity index (χ4v) is 1.50. The molecule has 0 fully saturated rings. The smallest absolute Gasteiger partial charge is 0.174 e. The average molecular weight is 216 g/mol. The fraction of sp³-hybridized carbons (Fsp3) is 0.333. The lowest BCUT2D eigenvalue weighted by Gasteiger charge is -1.97. The van der Waals surface area contributed by atoms with Crippen molar-refractivity contribution >= 4 is 11.8 Å². The molecule has 0 spiro atoms. The Labute approximate surface area is 85.4 Å². The molecule has 76 valence electrons. The number of halogens is 2. The molecule has 0 radical (unpaired) electrons. The summed E-state index contributed by atoms with van der Waals surface area (Å²) < 4.78 is 23.3. The van der Waals surface area contributed by atoms with Gasteiger partial charge < -0.3 is 0 Å². The minimum absolute atomic E-state index is 0.350. The molecular formula is C9H10F2N2S.